The first kappa shape index (κ1) is 11.7. The summed E-state index contributed by atoms with van der Waals surface area (Å²) in [6.45, 7) is 1.85. The Morgan fingerprint density at radius 3 is 2.88 bits per heavy atom. The van der Waals surface area contributed by atoms with Crippen molar-refractivity contribution in [3.63, 3.8) is 0 Å². The van der Waals surface area contributed by atoms with Crippen LogP contribution in [0.5, 0.6) is 0 Å². The highest BCUT2D eigenvalue weighted by Gasteiger charge is 2.41. The van der Waals surface area contributed by atoms with Gasteiger partial charge < -0.3 is 10.4 Å². The van der Waals surface area contributed by atoms with Crippen LogP contribution in [-0.2, 0) is 16.6 Å². The Labute approximate surface area is 97.8 Å². The molecule has 0 amide bonds. The number of nitrogens with zero attached hydrogens (tertiary/aromatic N) is 3. The van der Waals surface area contributed by atoms with Gasteiger partial charge in [0, 0.05) is 25.7 Å². The lowest BCUT2D eigenvalue weighted by Gasteiger charge is -2.31. The molecule has 1 aliphatic heterocycles. The maximum Gasteiger partial charge on any atom is 0.316 e. The van der Waals surface area contributed by atoms with Gasteiger partial charge in [0.15, 0.2) is 5.78 Å². The molecule has 1 aliphatic rings. The van der Waals surface area contributed by atoms with Crippen LogP contribution in [0, 0.1) is 5.92 Å². The van der Waals surface area contributed by atoms with Crippen LogP contribution in [0.2, 0.25) is 0 Å². The fourth-order valence-electron chi connectivity index (χ4n) is 2.12. The van der Waals surface area contributed by atoms with E-state index >= 15 is 0 Å². The van der Waals surface area contributed by atoms with Gasteiger partial charge in [-0.1, -0.05) is 5.21 Å². The number of carbonyl (C=O) groups excluding carboxylic acids is 1. The van der Waals surface area contributed by atoms with Gasteiger partial charge in [0.05, 0.1) is 6.04 Å². The number of aryl methyl sites for hydroxylation is 1. The Balaban J connectivity index is 2.33. The molecule has 1 aromatic rings. The summed E-state index contributed by atoms with van der Waals surface area (Å²) in [7, 11) is 1.69. The van der Waals surface area contributed by atoms with Crippen LogP contribution in [0.1, 0.15) is 25.1 Å². The zero-order valence-corrected chi connectivity index (χ0v) is 9.62. The molecule has 0 radical (unpaired) electrons. The highest BCUT2D eigenvalue weighted by Crippen LogP contribution is 2.28. The topological polar surface area (TPSA) is 97.1 Å². The molecule has 1 saturated heterocycles. The highest BCUT2D eigenvalue weighted by atomic mass is 16.4. The van der Waals surface area contributed by atoms with Crippen molar-refractivity contribution < 1.29 is 14.7 Å². The monoisotopic (exact) mass is 238 g/mol. The second-order valence-corrected chi connectivity index (χ2v) is 4.35. The number of hydrogen-bond donors (Lipinski definition) is 2. The zero-order valence-electron chi connectivity index (χ0n) is 9.62. The number of rotatable bonds is 2. The number of carboxylic acid groups (broad SMARTS) is 1. The van der Waals surface area contributed by atoms with Crippen molar-refractivity contribution in [3.8, 4) is 0 Å². The van der Waals surface area contributed by atoms with E-state index < -0.39 is 17.9 Å². The molecule has 0 saturated carbocycles. The Morgan fingerprint density at radius 2 is 2.35 bits per heavy atom. The van der Waals surface area contributed by atoms with Gasteiger partial charge in [-0.2, -0.15) is 0 Å². The Bertz CT molecular complexity index is 456. The van der Waals surface area contributed by atoms with Crippen LogP contribution in [0.15, 0.2) is 6.20 Å². The molecule has 2 N–H and O–H groups in total. The van der Waals surface area contributed by atoms with E-state index in [2.05, 4.69) is 15.6 Å². The van der Waals surface area contributed by atoms with E-state index in [0.29, 0.717) is 5.69 Å². The van der Waals surface area contributed by atoms with Crippen molar-refractivity contribution in [3.05, 3.63) is 11.9 Å². The minimum atomic E-state index is -1.12. The first-order valence-corrected chi connectivity index (χ1v) is 5.37. The van der Waals surface area contributed by atoms with Crippen molar-refractivity contribution in [1.82, 2.24) is 20.3 Å². The standard InChI is InChI=1S/C10H14N4O3/c1-5-3-7(15)8(10(16)17)9(11-5)6-4-14(2)13-12-6/h4-5,8-9,11H,3H2,1-2H3,(H,16,17)/t5?,8?,9-/m1/s1. The number of ketones is 1. The van der Waals surface area contributed by atoms with E-state index in [1.165, 1.54) is 4.68 Å². The van der Waals surface area contributed by atoms with Gasteiger partial charge in [0.25, 0.3) is 0 Å². The number of aromatic nitrogens is 3. The summed E-state index contributed by atoms with van der Waals surface area (Å²) in [6.07, 6.45) is 1.85. The predicted molar refractivity (Wildman–Crippen MR) is 57.1 cm³/mol. The van der Waals surface area contributed by atoms with Crippen molar-refractivity contribution >= 4 is 11.8 Å². The molecule has 7 heteroatoms. The predicted octanol–water partition coefficient (Wildman–Crippen LogP) is -0.492. The molecular weight excluding hydrogens is 224 g/mol. The number of aliphatic carboxylic acids is 1. The van der Waals surface area contributed by atoms with Crippen LogP contribution in [0.3, 0.4) is 0 Å². The summed E-state index contributed by atoms with van der Waals surface area (Å²) < 4.78 is 1.49. The lowest BCUT2D eigenvalue weighted by molar-refractivity contribution is -0.149. The molecule has 1 aromatic heterocycles. The van der Waals surface area contributed by atoms with Crippen molar-refractivity contribution in [1.29, 1.82) is 0 Å². The molecular formula is C10H14N4O3. The Hall–Kier alpha value is -1.76. The van der Waals surface area contributed by atoms with Crippen LogP contribution in [0.4, 0.5) is 0 Å². The lowest BCUT2D eigenvalue weighted by Crippen LogP contribution is -2.48. The second kappa shape index (κ2) is 4.25. The third kappa shape index (κ3) is 2.19. The lowest BCUT2D eigenvalue weighted by atomic mass is 9.85. The summed E-state index contributed by atoms with van der Waals surface area (Å²) in [6, 6.07) is -0.650. The average molecular weight is 238 g/mol. The van der Waals surface area contributed by atoms with Gasteiger partial charge >= 0.3 is 5.97 Å². The van der Waals surface area contributed by atoms with Gasteiger partial charge in [-0.3, -0.25) is 14.3 Å². The Morgan fingerprint density at radius 1 is 1.65 bits per heavy atom. The third-order valence-electron chi connectivity index (χ3n) is 2.86. The van der Waals surface area contributed by atoms with Gasteiger partial charge in [-0.25, -0.2) is 0 Å². The first-order valence-electron chi connectivity index (χ1n) is 5.37. The Kier molecular flexibility index (Phi) is 2.93. The molecule has 0 bridgehead atoms. The van der Waals surface area contributed by atoms with E-state index in [1.807, 2.05) is 6.92 Å². The van der Waals surface area contributed by atoms with E-state index in [4.69, 9.17) is 5.11 Å². The van der Waals surface area contributed by atoms with Crippen LogP contribution < -0.4 is 5.32 Å². The van der Waals surface area contributed by atoms with E-state index in [1.54, 1.807) is 13.2 Å². The van der Waals surface area contributed by atoms with Gasteiger partial charge in [-0.15, -0.1) is 5.10 Å². The van der Waals surface area contributed by atoms with Crippen LogP contribution in [0.25, 0.3) is 0 Å². The SMILES string of the molecule is CC1CC(=O)C(C(=O)O)[C@@H](c2cn(C)nn2)N1. The summed E-state index contributed by atoms with van der Waals surface area (Å²) in [4.78, 5) is 22.9. The van der Waals surface area contributed by atoms with Gasteiger partial charge in [0.2, 0.25) is 0 Å². The molecule has 7 nitrogen and oxygen atoms in total. The number of piperidine rings is 1. The molecule has 3 atom stereocenters. The fourth-order valence-corrected chi connectivity index (χ4v) is 2.12. The molecule has 1 fully saturated rings. The van der Waals surface area contributed by atoms with E-state index in [-0.39, 0.29) is 18.2 Å². The molecule has 17 heavy (non-hydrogen) atoms. The molecule has 92 valence electrons. The first-order chi connectivity index (χ1) is 7.99. The quantitative estimate of drug-likeness (QED) is 0.675. The van der Waals surface area contributed by atoms with Crippen LogP contribution >= 0.6 is 0 Å². The molecule has 2 unspecified atom stereocenters. The molecule has 0 spiro atoms. The van der Waals surface area contributed by atoms with Crippen LogP contribution in [-0.4, -0.2) is 37.9 Å². The fraction of sp³-hybridized carbons (Fsp3) is 0.600. The molecule has 2 heterocycles. The third-order valence-corrected chi connectivity index (χ3v) is 2.86. The summed E-state index contributed by atoms with van der Waals surface area (Å²) in [5.74, 6) is -2.47. The number of carbonyl (C=O) groups is 2. The average Bonchev–Trinajstić information content (AvgIpc) is 2.62. The summed E-state index contributed by atoms with van der Waals surface area (Å²) in [5.41, 5.74) is 0.486. The van der Waals surface area contributed by atoms with E-state index in [9.17, 15) is 9.59 Å². The molecule has 0 aliphatic carbocycles. The minimum absolute atomic E-state index is 0.0508. The smallest absolute Gasteiger partial charge is 0.316 e. The number of carboxylic acids is 1. The molecule has 2 rings (SSSR count). The maximum absolute atomic E-state index is 11.8. The summed E-state index contributed by atoms with van der Waals surface area (Å²) >= 11 is 0. The summed E-state index contributed by atoms with van der Waals surface area (Å²) in [5, 5.41) is 19.8. The minimum Gasteiger partial charge on any atom is -0.481 e. The van der Waals surface area contributed by atoms with Gasteiger partial charge in [0.1, 0.15) is 11.6 Å². The van der Waals surface area contributed by atoms with Crippen molar-refractivity contribution in [2.75, 3.05) is 0 Å². The van der Waals surface area contributed by atoms with Gasteiger partial charge in [-0.05, 0) is 6.92 Å². The maximum atomic E-state index is 11.8. The molecule has 0 aromatic carbocycles. The van der Waals surface area contributed by atoms with E-state index in [0.717, 1.165) is 0 Å². The number of hydrogen-bond acceptors (Lipinski definition) is 5. The van der Waals surface area contributed by atoms with Crippen molar-refractivity contribution in [2.24, 2.45) is 13.0 Å². The normalized spacial score (nSPS) is 29.3. The largest absolute Gasteiger partial charge is 0.481 e. The second-order valence-electron chi connectivity index (χ2n) is 4.35. The zero-order chi connectivity index (χ0) is 12.6. The number of nitrogens with one attached hydrogen (secondary N) is 1. The highest BCUT2D eigenvalue weighted by molar-refractivity contribution is 6.00. The van der Waals surface area contributed by atoms with Crippen molar-refractivity contribution in [2.45, 2.75) is 25.4 Å². The number of Topliss-reactive ketones (excluding diaryl/α,β-unsaturated/α-hetero) is 1.